The van der Waals surface area contributed by atoms with E-state index >= 15 is 0 Å². The highest BCUT2D eigenvalue weighted by atomic mass is 31.1. The Hall–Kier alpha value is -0.920. The van der Waals surface area contributed by atoms with Crippen molar-refractivity contribution in [1.29, 1.82) is 0 Å². The number of ether oxygens (including phenoxy) is 1. The van der Waals surface area contributed by atoms with Gasteiger partial charge in [-0.25, -0.2) is 0 Å². The van der Waals surface area contributed by atoms with Crippen LogP contribution in [0.4, 0.5) is 0 Å². The molecule has 1 N–H and O–H groups in total. The number of benzene rings is 1. The molecule has 0 saturated heterocycles. The molecule has 0 aliphatic carbocycles. The van der Waals surface area contributed by atoms with Crippen molar-refractivity contribution in [2.75, 3.05) is 7.11 Å². The van der Waals surface area contributed by atoms with E-state index in [1.807, 2.05) is 12.1 Å². The Morgan fingerprint density at radius 1 is 1.46 bits per heavy atom. The van der Waals surface area contributed by atoms with E-state index in [4.69, 9.17) is 9.63 Å². The normalized spacial score (nSPS) is 13.6. The van der Waals surface area contributed by atoms with Gasteiger partial charge in [-0.15, -0.1) is 0 Å². The molecule has 1 aromatic carbocycles. The average molecular weight is 199 g/mol. The summed E-state index contributed by atoms with van der Waals surface area (Å²) in [7, 11) is -0.638. The van der Waals surface area contributed by atoms with Gasteiger partial charge in [0.15, 0.2) is 0 Å². The molecule has 0 bridgehead atoms. The molecule has 2 atom stereocenters. The number of hydrogen-bond acceptors (Lipinski definition) is 2. The third-order valence-electron chi connectivity index (χ3n) is 1.92. The van der Waals surface area contributed by atoms with Gasteiger partial charge in [-0.1, -0.05) is 18.2 Å². The molecule has 0 aliphatic rings. The highest BCUT2D eigenvalue weighted by Crippen LogP contribution is 2.40. The van der Waals surface area contributed by atoms with E-state index in [1.54, 1.807) is 26.2 Å². The molecule has 1 rings (SSSR count). The largest absolute Gasteiger partial charge is 0.513 e. The third kappa shape index (κ3) is 2.27. The van der Waals surface area contributed by atoms with Crippen LogP contribution in [0.5, 0.6) is 5.75 Å². The predicted molar refractivity (Wildman–Crippen MR) is 51.2 cm³/mol. The van der Waals surface area contributed by atoms with E-state index in [9.17, 15) is 4.57 Å². The van der Waals surface area contributed by atoms with Crippen LogP contribution in [0.2, 0.25) is 0 Å². The SMILES string of the molecule is COc1ccccc1C(C)[P+](=O)O. The summed E-state index contributed by atoms with van der Waals surface area (Å²) in [6.45, 7) is 1.70. The second-order valence-corrected chi connectivity index (χ2v) is 4.10. The molecule has 0 aromatic heterocycles. The first-order valence-corrected chi connectivity index (χ1v) is 5.23. The highest BCUT2D eigenvalue weighted by molar-refractivity contribution is 7.38. The zero-order valence-corrected chi connectivity index (χ0v) is 8.49. The quantitative estimate of drug-likeness (QED) is 0.760. The minimum absolute atomic E-state index is 0.383. The van der Waals surface area contributed by atoms with Gasteiger partial charge in [-0.05, 0) is 17.6 Å². The van der Waals surface area contributed by atoms with Crippen molar-refractivity contribution in [2.45, 2.75) is 12.6 Å². The maximum atomic E-state index is 10.9. The maximum Gasteiger partial charge on any atom is 0.513 e. The van der Waals surface area contributed by atoms with Crippen LogP contribution < -0.4 is 4.74 Å². The van der Waals surface area contributed by atoms with Crippen LogP contribution in [-0.4, -0.2) is 12.0 Å². The van der Waals surface area contributed by atoms with E-state index in [0.29, 0.717) is 5.75 Å². The van der Waals surface area contributed by atoms with Crippen molar-refractivity contribution in [3.8, 4) is 5.75 Å². The van der Waals surface area contributed by atoms with Crippen LogP contribution in [0.1, 0.15) is 18.1 Å². The van der Waals surface area contributed by atoms with Crippen LogP contribution in [-0.2, 0) is 4.57 Å². The smallest absolute Gasteiger partial charge is 0.496 e. The van der Waals surface area contributed by atoms with Gasteiger partial charge in [-0.3, -0.25) is 0 Å². The van der Waals surface area contributed by atoms with Crippen molar-refractivity contribution < 1.29 is 14.2 Å². The van der Waals surface area contributed by atoms with E-state index in [0.717, 1.165) is 5.56 Å². The van der Waals surface area contributed by atoms with Crippen molar-refractivity contribution in [3.05, 3.63) is 29.8 Å². The summed E-state index contributed by atoms with van der Waals surface area (Å²) in [5, 5.41) is 0. The lowest BCUT2D eigenvalue weighted by molar-refractivity contribution is 0.408. The lowest BCUT2D eigenvalue weighted by atomic mass is 10.1. The lowest BCUT2D eigenvalue weighted by Gasteiger charge is -2.05. The molecular formula is C9H12O3P+. The highest BCUT2D eigenvalue weighted by Gasteiger charge is 2.27. The Labute approximate surface area is 78.2 Å². The molecule has 0 amide bonds. The zero-order valence-electron chi connectivity index (χ0n) is 7.60. The summed E-state index contributed by atoms with van der Waals surface area (Å²) in [4.78, 5) is 8.95. The van der Waals surface area contributed by atoms with E-state index in [-0.39, 0.29) is 5.66 Å². The van der Waals surface area contributed by atoms with Crippen LogP contribution in [0.25, 0.3) is 0 Å². The van der Waals surface area contributed by atoms with Crippen molar-refractivity contribution in [3.63, 3.8) is 0 Å². The Morgan fingerprint density at radius 3 is 2.62 bits per heavy atom. The molecule has 0 saturated carbocycles. The van der Waals surface area contributed by atoms with Gasteiger partial charge < -0.3 is 4.74 Å². The summed E-state index contributed by atoms with van der Waals surface area (Å²) < 4.78 is 15.9. The van der Waals surface area contributed by atoms with Crippen LogP contribution in [0.3, 0.4) is 0 Å². The first-order valence-electron chi connectivity index (χ1n) is 3.95. The Balaban J connectivity index is 3.05. The van der Waals surface area contributed by atoms with Gasteiger partial charge in [0.1, 0.15) is 5.75 Å². The molecule has 4 heteroatoms. The fourth-order valence-corrected chi connectivity index (χ4v) is 1.58. The summed E-state index contributed by atoms with van der Waals surface area (Å²) in [6, 6.07) is 7.24. The standard InChI is InChI=1S/C9H11O3P/c1-7(13(10)11)8-5-3-4-6-9(8)12-2/h3-7H,1-2H3/p+1. The summed E-state index contributed by atoms with van der Waals surface area (Å²) in [5.41, 5.74) is 0.389. The van der Waals surface area contributed by atoms with Gasteiger partial charge in [0.25, 0.3) is 0 Å². The lowest BCUT2D eigenvalue weighted by Crippen LogP contribution is -1.93. The summed E-state index contributed by atoms with van der Waals surface area (Å²) in [6.07, 6.45) is 0. The zero-order chi connectivity index (χ0) is 9.84. The molecule has 0 fully saturated rings. The van der Waals surface area contributed by atoms with Crippen LogP contribution >= 0.6 is 8.03 Å². The van der Waals surface area contributed by atoms with Crippen molar-refractivity contribution >= 4 is 8.03 Å². The first kappa shape index (κ1) is 10.2. The second-order valence-electron chi connectivity index (χ2n) is 2.72. The Kier molecular flexibility index (Phi) is 3.40. The molecule has 0 spiro atoms. The van der Waals surface area contributed by atoms with Gasteiger partial charge >= 0.3 is 8.03 Å². The molecule has 0 heterocycles. The Bertz CT molecular complexity index is 311. The average Bonchev–Trinajstić information content (AvgIpc) is 2.16. The second kappa shape index (κ2) is 4.35. The molecule has 0 radical (unpaired) electrons. The summed E-state index contributed by atoms with van der Waals surface area (Å²) >= 11 is 0. The monoisotopic (exact) mass is 199 g/mol. The van der Waals surface area contributed by atoms with Gasteiger partial charge in [0, 0.05) is 5.56 Å². The van der Waals surface area contributed by atoms with Crippen LogP contribution in [0.15, 0.2) is 24.3 Å². The minimum atomic E-state index is -2.19. The molecule has 70 valence electrons. The van der Waals surface area contributed by atoms with E-state index < -0.39 is 8.03 Å². The van der Waals surface area contributed by atoms with Gasteiger partial charge in [-0.2, -0.15) is 4.89 Å². The number of hydrogen-bond donors (Lipinski definition) is 1. The molecule has 13 heavy (non-hydrogen) atoms. The van der Waals surface area contributed by atoms with E-state index in [2.05, 4.69) is 0 Å². The van der Waals surface area contributed by atoms with Crippen LogP contribution in [0, 0.1) is 0 Å². The third-order valence-corrected chi connectivity index (χ3v) is 2.86. The topological polar surface area (TPSA) is 46.5 Å². The predicted octanol–water partition coefficient (Wildman–Crippen LogP) is 2.49. The van der Waals surface area contributed by atoms with Crippen molar-refractivity contribution in [1.82, 2.24) is 0 Å². The fourth-order valence-electron chi connectivity index (χ4n) is 1.13. The molecule has 0 aliphatic heterocycles. The first-order chi connectivity index (χ1) is 6.16. The molecular weight excluding hydrogens is 187 g/mol. The number of rotatable bonds is 3. The molecule has 1 aromatic rings. The fraction of sp³-hybridized carbons (Fsp3) is 0.333. The van der Waals surface area contributed by atoms with Crippen molar-refractivity contribution in [2.24, 2.45) is 0 Å². The summed E-state index contributed by atoms with van der Waals surface area (Å²) in [5.74, 6) is 0.660. The van der Waals surface area contributed by atoms with E-state index in [1.165, 1.54) is 0 Å². The van der Waals surface area contributed by atoms with Gasteiger partial charge in [0.2, 0.25) is 5.66 Å². The van der Waals surface area contributed by atoms with Gasteiger partial charge in [0.05, 0.1) is 7.11 Å². The number of para-hydroxylation sites is 1. The molecule has 2 unspecified atom stereocenters. The maximum absolute atomic E-state index is 10.9. The molecule has 3 nitrogen and oxygen atoms in total. The Morgan fingerprint density at radius 2 is 2.08 bits per heavy atom. The number of methoxy groups -OCH3 is 1. The minimum Gasteiger partial charge on any atom is -0.496 e.